The molecule has 1 fully saturated rings. The second kappa shape index (κ2) is 7.57. The van der Waals surface area contributed by atoms with Crippen molar-refractivity contribution in [1.29, 1.82) is 0 Å². The summed E-state index contributed by atoms with van der Waals surface area (Å²) in [5.41, 5.74) is 2.54. The van der Waals surface area contributed by atoms with Gasteiger partial charge in [-0.1, -0.05) is 13.0 Å². The SMILES string of the molecule is CC1CCc2c(nc(CN3C(=O)C4(CNC4)c4ccc(F)cc43)n2CCCC(F)(F)F)C1. The summed E-state index contributed by atoms with van der Waals surface area (Å²) in [6, 6.07) is 4.42. The molecule has 3 heterocycles. The van der Waals surface area contributed by atoms with Crippen molar-refractivity contribution in [2.45, 2.75) is 63.7 Å². The maximum atomic E-state index is 14.1. The molecule has 1 N–H and O–H groups in total. The van der Waals surface area contributed by atoms with Crippen LogP contribution >= 0.6 is 0 Å². The summed E-state index contributed by atoms with van der Waals surface area (Å²) in [4.78, 5) is 19.8. The van der Waals surface area contributed by atoms with Crippen molar-refractivity contribution in [3.8, 4) is 0 Å². The molecule has 1 aromatic heterocycles. The number of imidazole rings is 1. The summed E-state index contributed by atoms with van der Waals surface area (Å²) in [6.45, 7) is 3.46. The summed E-state index contributed by atoms with van der Waals surface area (Å²) in [6.07, 6.45) is -2.60. The highest BCUT2D eigenvalue weighted by atomic mass is 19.4. The van der Waals surface area contributed by atoms with Gasteiger partial charge < -0.3 is 14.8 Å². The number of nitrogens with zero attached hydrogens (tertiary/aromatic N) is 3. The third-order valence-electron chi connectivity index (χ3n) is 7.07. The summed E-state index contributed by atoms with van der Waals surface area (Å²) in [5.74, 6) is 0.515. The van der Waals surface area contributed by atoms with E-state index >= 15 is 0 Å². The van der Waals surface area contributed by atoms with Crippen LogP contribution in [0, 0.1) is 11.7 Å². The van der Waals surface area contributed by atoms with Crippen LogP contribution in [0.3, 0.4) is 0 Å². The Morgan fingerprint density at radius 2 is 2.06 bits per heavy atom. The predicted molar refractivity (Wildman–Crippen MR) is 111 cm³/mol. The Hall–Kier alpha value is -2.42. The van der Waals surface area contributed by atoms with E-state index in [9.17, 15) is 22.4 Å². The fourth-order valence-electron chi connectivity index (χ4n) is 5.30. The molecule has 1 aliphatic carbocycles. The topological polar surface area (TPSA) is 50.2 Å². The monoisotopic (exact) mass is 450 g/mol. The first-order chi connectivity index (χ1) is 15.2. The van der Waals surface area contributed by atoms with Crippen LogP contribution in [0.25, 0.3) is 0 Å². The Labute approximate surface area is 183 Å². The van der Waals surface area contributed by atoms with Gasteiger partial charge in [-0.3, -0.25) is 4.79 Å². The zero-order chi connectivity index (χ0) is 22.7. The standard InChI is InChI=1S/C23H26F4N4O/c1-14-3-6-18-17(9-14)29-20(30(18)8-2-7-23(25,26)27)11-31-19-10-15(24)4-5-16(19)22(21(31)32)12-28-13-22/h4-5,10,14,28H,2-3,6-9,11-13H2,1H3. The fourth-order valence-corrected chi connectivity index (χ4v) is 5.30. The van der Waals surface area contributed by atoms with Gasteiger partial charge in [0.05, 0.1) is 17.9 Å². The minimum atomic E-state index is -4.21. The molecule has 1 saturated heterocycles. The number of hydrogen-bond donors (Lipinski definition) is 1. The number of halogens is 4. The lowest BCUT2D eigenvalue weighted by Crippen LogP contribution is -2.61. The molecule has 32 heavy (non-hydrogen) atoms. The molecule has 1 atom stereocenters. The Morgan fingerprint density at radius 1 is 1.28 bits per heavy atom. The highest BCUT2D eigenvalue weighted by Crippen LogP contribution is 2.45. The molecule has 5 rings (SSSR count). The van der Waals surface area contributed by atoms with Crippen molar-refractivity contribution in [2.24, 2.45) is 5.92 Å². The number of alkyl halides is 3. The zero-order valence-corrected chi connectivity index (χ0v) is 17.9. The molecule has 0 bridgehead atoms. The molecule has 1 amide bonds. The van der Waals surface area contributed by atoms with Gasteiger partial charge in [-0.15, -0.1) is 0 Å². The lowest BCUT2D eigenvalue weighted by atomic mass is 9.76. The number of benzene rings is 1. The first-order valence-corrected chi connectivity index (χ1v) is 11.1. The molecule has 9 heteroatoms. The molecule has 1 unspecified atom stereocenters. The van der Waals surface area contributed by atoms with E-state index in [1.54, 1.807) is 11.0 Å². The third-order valence-corrected chi connectivity index (χ3v) is 7.07. The first kappa shape index (κ1) is 21.4. The van der Waals surface area contributed by atoms with Gasteiger partial charge in [-0.25, -0.2) is 9.37 Å². The number of amides is 1. The van der Waals surface area contributed by atoms with Gasteiger partial charge in [0.1, 0.15) is 17.1 Å². The largest absolute Gasteiger partial charge is 0.389 e. The molecule has 1 spiro atoms. The number of anilines is 1. The Morgan fingerprint density at radius 3 is 2.75 bits per heavy atom. The molecule has 172 valence electrons. The van der Waals surface area contributed by atoms with Crippen LogP contribution in [0.4, 0.5) is 23.2 Å². The summed E-state index contributed by atoms with van der Waals surface area (Å²) in [5, 5.41) is 3.14. The van der Waals surface area contributed by atoms with E-state index in [-0.39, 0.29) is 25.4 Å². The number of aromatic nitrogens is 2. The fraction of sp³-hybridized carbons (Fsp3) is 0.565. The van der Waals surface area contributed by atoms with Crippen molar-refractivity contribution in [1.82, 2.24) is 14.9 Å². The molecule has 3 aliphatic rings. The van der Waals surface area contributed by atoms with Gasteiger partial charge >= 0.3 is 6.18 Å². The lowest BCUT2D eigenvalue weighted by Gasteiger charge is -2.38. The third kappa shape index (κ3) is 3.50. The summed E-state index contributed by atoms with van der Waals surface area (Å²) >= 11 is 0. The molecule has 0 radical (unpaired) electrons. The highest BCUT2D eigenvalue weighted by Gasteiger charge is 2.55. The zero-order valence-electron chi connectivity index (χ0n) is 17.9. The minimum absolute atomic E-state index is 0.0398. The van der Waals surface area contributed by atoms with Crippen LogP contribution in [0.2, 0.25) is 0 Å². The van der Waals surface area contributed by atoms with E-state index in [0.717, 1.165) is 36.2 Å². The second-order valence-corrected chi connectivity index (χ2v) is 9.38. The molecular weight excluding hydrogens is 424 g/mol. The van der Waals surface area contributed by atoms with Gasteiger partial charge in [0, 0.05) is 31.7 Å². The quantitative estimate of drug-likeness (QED) is 0.704. The van der Waals surface area contributed by atoms with Crippen molar-refractivity contribution >= 4 is 11.6 Å². The number of fused-ring (bicyclic) bond motifs is 3. The normalized spacial score (nSPS) is 21.6. The van der Waals surface area contributed by atoms with E-state index in [0.29, 0.717) is 30.5 Å². The maximum absolute atomic E-state index is 14.1. The average Bonchev–Trinajstić information content (AvgIpc) is 3.13. The van der Waals surface area contributed by atoms with E-state index in [4.69, 9.17) is 4.98 Å². The van der Waals surface area contributed by atoms with E-state index < -0.39 is 23.8 Å². The van der Waals surface area contributed by atoms with Crippen LogP contribution in [0.15, 0.2) is 18.2 Å². The number of rotatable bonds is 5. The second-order valence-electron chi connectivity index (χ2n) is 9.38. The van der Waals surface area contributed by atoms with Gasteiger partial charge in [0.15, 0.2) is 0 Å². The molecule has 5 nitrogen and oxygen atoms in total. The molecule has 0 saturated carbocycles. The average molecular weight is 450 g/mol. The van der Waals surface area contributed by atoms with Crippen molar-refractivity contribution in [3.05, 3.63) is 46.8 Å². The van der Waals surface area contributed by atoms with Crippen LogP contribution in [-0.4, -0.2) is 34.7 Å². The Kier molecular flexibility index (Phi) is 5.07. The smallest absolute Gasteiger partial charge is 0.330 e. The Bertz CT molecular complexity index is 1060. The van der Waals surface area contributed by atoms with Crippen molar-refractivity contribution in [2.75, 3.05) is 18.0 Å². The summed E-state index contributed by atoms with van der Waals surface area (Å²) < 4.78 is 54.3. The van der Waals surface area contributed by atoms with Crippen LogP contribution in [0.5, 0.6) is 0 Å². The van der Waals surface area contributed by atoms with Crippen LogP contribution < -0.4 is 10.2 Å². The van der Waals surface area contributed by atoms with E-state index in [1.165, 1.54) is 12.1 Å². The predicted octanol–water partition coefficient (Wildman–Crippen LogP) is 3.88. The van der Waals surface area contributed by atoms with Gasteiger partial charge in [0.2, 0.25) is 5.91 Å². The van der Waals surface area contributed by atoms with Crippen molar-refractivity contribution in [3.63, 3.8) is 0 Å². The van der Waals surface area contributed by atoms with Crippen LogP contribution in [-0.2, 0) is 36.1 Å². The van der Waals surface area contributed by atoms with E-state index in [1.807, 2.05) is 4.57 Å². The minimum Gasteiger partial charge on any atom is -0.330 e. The highest BCUT2D eigenvalue weighted by molar-refractivity contribution is 6.09. The van der Waals surface area contributed by atoms with Gasteiger partial charge in [-0.05, 0) is 49.3 Å². The summed E-state index contributed by atoms with van der Waals surface area (Å²) in [7, 11) is 0. The molecular formula is C23H26F4N4O. The number of carbonyl (C=O) groups is 1. The first-order valence-electron chi connectivity index (χ1n) is 11.1. The van der Waals surface area contributed by atoms with Crippen molar-refractivity contribution < 1.29 is 22.4 Å². The maximum Gasteiger partial charge on any atom is 0.389 e. The van der Waals surface area contributed by atoms with Crippen LogP contribution in [0.1, 0.15) is 49.0 Å². The number of hydrogen-bond acceptors (Lipinski definition) is 3. The lowest BCUT2D eigenvalue weighted by molar-refractivity contribution is -0.136. The molecule has 2 aliphatic heterocycles. The molecule has 1 aromatic carbocycles. The Balaban J connectivity index is 1.49. The molecule has 2 aromatic rings. The van der Waals surface area contributed by atoms with E-state index in [2.05, 4.69) is 12.2 Å². The number of carbonyl (C=O) groups excluding carboxylic acids is 1. The van der Waals surface area contributed by atoms with Gasteiger partial charge in [0.25, 0.3) is 0 Å². The van der Waals surface area contributed by atoms with Gasteiger partial charge in [-0.2, -0.15) is 13.2 Å². The number of nitrogens with one attached hydrogen (secondary N) is 1.